The first-order chi connectivity index (χ1) is 21.4. The van der Waals surface area contributed by atoms with Crippen LogP contribution >= 0.6 is 0 Å². The van der Waals surface area contributed by atoms with E-state index in [0.717, 1.165) is 12.0 Å². The second-order valence-corrected chi connectivity index (χ2v) is 14.9. The number of hydrogen-bond acceptors (Lipinski definition) is 8. The van der Waals surface area contributed by atoms with Crippen LogP contribution < -0.4 is 18.7 Å². The Balaban J connectivity index is 1.83. The highest BCUT2D eigenvalue weighted by Gasteiger charge is 2.45. The quantitative estimate of drug-likeness (QED) is 0.383. The van der Waals surface area contributed by atoms with E-state index in [9.17, 15) is 22.8 Å². The Morgan fingerprint density at radius 2 is 1.72 bits per heavy atom. The maximum absolute atomic E-state index is 16.7. The van der Waals surface area contributed by atoms with Crippen LogP contribution in [0.4, 0.5) is 25.4 Å². The molecule has 2 aliphatic rings. The summed E-state index contributed by atoms with van der Waals surface area (Å²) in [5.74, 6) is -1.98. The van der Waals surface area contributed by atoms with Gasteiger partial charge in [-0.2, -0.15) is 8.42 Å². The first-order valence-electron chi connectivity index (χ1n) is 15.3. The van der Waals surface area contributed by atoms with Gasteiger partial charge in [-0.15, -0.1) is 0 Å². The summed E-state index contributed by atoms with van der Waals surface area (Å²) in [6.07, 6.45) is 0.0175. The maximum Gasteiger partial charge on any atom is 0.415 e. The van der Waals surface area contributed by atoms with Crippen LogP contribution in [0.25, 0.3) is 0 Å². The monoisotopic (exact) mass is 662 g/mol. The average molecular weight is 663 g/mol. The fraction of sp³-hybridized carbons (Fsp3) is 0.531. The minimum Gasteiger partial charge on any atom is -0.487 e. The first kappa shape index (κ1) is 34.8. The number of ether oxygens (including phenoxy) is 3. The molecule has 0 bridgehead atoms. The van der Waals surface area contributed by atoms with Gasteiger partial charge in [-0.1, -0.05) is 43.7 Å². The molecule has 1 N–H and O–H groups in total. The Hall–Kier alpha value is -4.07. The molecule has 1 atom stereocenters. The molecule has 0 aromatic heterocycles. The van der Waals surface area contributed by atoms with Gasteiger partial charge in [0.05, 0.1) is 11.7 Å². The summed E-state index contributed by atoms with van der Waals surface area (Å²) in [5.41, 5.74) is -1.28. The lowest BCUT2D eigenvalue weighted by Crippen LogP contribution is -2.49. The summed E-state index contributed by atoms with van der Waals surface area (Å²) in [4.78, 5) is 42.0. The molecule has 0 aliphatic carbocycles. The standard InChI is InChI=1S/C32H43FN4O8S/c1-8-9-15-35(29(39)44-31(2,3)4)18-22-16-23-24(37(22)30(40)45-32(5,6)7)17-25(43-20-21-13-11-10-12-14-21)28(27(23)33)36-19-26(38)34-46(36,41)42/h10-14,17,22H,8-9,15-16,18-20H2,1-7H3,(H,34,38)/t22-/m1/s1. The van der Waals surface area contributed by atoms with Gasteiger partial charge in [-0.25, -0.2) is 23.0 Å². The average Bonchev–Trinajstić information content (AvgIpc) is 3.43. The summed E-state index contributed by atoms with van der Waals surface area (Å²) in [5, 5.41) is 0. The maximum atomic E-state index is 16.7. The summed E-state index contributed by atoms with van der Waals surface area (Å²) in [6.45, 7) is 11.9. The predicted octanol–water partition coefficient (Wildman–Crippen LogP) is 5.29. The molecule has 14 heteroatoms. The van der Waals surface area contributed by atoms with Gasteiger partial charge in [-0.3, -0.25) is 9.69 Å². The number of nitrogens with zero attached hydrogens (tertiary/aromatic N) is 3. The Bertz CT molecular complexity index is 1570. The van der Waals surface area contributed by atoms with Crippen LogP contribution in [0.1, 0.15) is 72.4 Å². The van der Waals surface area contributed by atoms with E-state index in [1.807, 2.05) is 17.7 Å². The molecular formula is C32H43FN4O8S. The van der Waals surface area contributed by atoms with Crippen molar-refractivity contribution in [3.05, 3.63) is 53.3 Å². The summed E-state index contributed by atoms with van der Waals surface area (Å²) >= 11 is 0. The normalized spacial score (nSPS) is 17.4. The summed E-state index contributed by atoms with van der Waals surface area (Å²) in [7, 11) is -4.42. The van der Waals surface area contributed by atoms with Gasteiger partial charge in [0.15, 0.2) is 5.82 Å². The zero-order valence-corrected chi connectivity index (χ0v) is 28.2. The van der Waals surface area contributed by atoms with E-state index in [2.05, 4.69) is 0 Å². The van der Waals surface area contributed by atoms with Gasteiger partial charge in [0.1, 0.15) is 35.8 Å². The SMILES string of the molecule is CCCCN(C[C@H]1Cc2c(cc(OCc3ccccc3)c(N3CC(=O)NS3(=O)=O)c2F)N1C(=O)OC(C)(C)C)C(=O)OC(C)(C)C. The molecule has 1 saturated heterocycles. The Morgan fingerprint density at radius 3 is 2.28 bits per heavy atom. The van der Waals surface area contributed by atoms with Crippen molar-refractivity contribution in [1.29, 1.82) is 0 Å². The molecule has 12 nitrogen and oxygen atoms in total. The van der Waals surface area contributed by atoms with Crippen LogP contribution in [-0.4, -0.2) is 68.3 Å². The lowest BCUT2D eigenvalue weighted by atomic mass is 10.1. The molecule has 1 fully saturated rings. The number of hydrogen-bond donors (Lipinski definition) is 1. The molecular weight excluding hydrogens is 619 g/mol. The minimum absolute atomic E-state index is 0.0140. The third-order valence-electron chi connectivity index (χ3n) is 7.11. The van der Waals surface area contributed by atoms with E-state index in [1.165, 1.54) is 15.9 Å². The third-order valence-corrected chi connectivity index (χ3v) is 8.49. The number of fused-ring (bicyclic) bond motifs is 1. The highest BCUT2D eigenvalue weighted by molar-refractivity contribution is 7.92. The van der Waals surface area contributed by atoms with Crippen LogP contribution in [0, 0.1) is 5.82 Å². The van der Waals surface area contributed by atoms with Gasteiger partial charge >= 0.3 is 22.4 Å². The zero-order chi connectivity index (χ0) is 34.0. The fourth-order valence-corrected chi connectivity index (χ4v) is 6.35. The number of anilines is 2. The fourth-order valence-electron chi connectivity index (χ4n) is 5.19. The topological polar surface area (TPSA) is 135 Å². The molecule has 2 aromatic carbocycles. The van der Waals surface area contributed by atoms with Crippen LogP contribution in [-0.2, 0) is 37.5 Å². The first-order valence-corrected chi connectivity index (χ1v) is 16.7. The largest absolute Gasteiger partial charge is 0.487 e. The van der Waals surface area contributed by atoms with Crippen LogP contribution in [0.3, 0.4) is 0 Å². The van der Waals surface area contributed by atoms with Crippen molar-refractivity contribution in [3.8, 4) is 5.75 Å². The van der Waals surface area contributed by atoms with Gasteiger partial charge in [0, 0.05) is 31.1 Å². The van der Waals surface area contributed by atoms with Crippen molar-refractivity contribution >= 4 is 39.7 Å². The predicted molar refractivity (Wildman–Crippen MR) is 171 cm³/mol. The zero-order valence-electron chi connectivity index (χ0n) is 27.4. The van der Waals surface area contributed by atoms with Gasteiger partial charge in [-0.05, 0) is 53.5 Å². The number of unbranched alkanes of at least 4 members (excludes halogenated alkanes) is 1. The van der Waals surface area contributed by atoms with E-state index < -0.39 is 63.6 Å². The van der Waals surface area contributed by atoms with Gasteiger partial charge in [0.25, 0.3) is 5.91 Å². The molecule has 4 rings (SSSR count). The lowest BCUT2D eigenvalue weighted by molar-refractivity contribution is -0.117. The van der Waals surface area contributed by atoms with Crippen molar-refractivity contribution < 1.29 is 41.4 Å². The summed E-state index contributed by atoms with van der Waals surface area (Å²) < 4.78 is 62.4. The Morgan fingerprint density at radius 1 is 1.07 bits per heavy atom. The number of benzene rings is 2. The van der Waals surface area contributed by atoms with E-state index in [-0.39, 0.29) is 36.6 Å². The molecule has 2 aromatic rings. The number of carbonyl (C=O) groups excluding carboxylic acids is 3. The minimum atomic E-state index is -4.42. The van der Waals surface area contributed by atoms with Gasteiger partial charge in [0.2, 0.25) is 0 Å². The number of carbonyl (C=O) groups is 3. The molecule has 0 spiro atoms. The van der Waals surface area contributed by atoms with E-state index in [4.69, 9.17) is 14.2 Å². The van der Waals surface area contributed by atoms with Crippen LogP contribution in [0.2, 0.25) is 0 Å². The van der Waals surface area contributed by atoms with Crippen LogP contribution in [0.15, 0.2) is 36.4 Å². The lowest BCUT2D eigenvalue weighted by Gasteiger charge is -2.33. The molecule has 46 heavy (non-hydrogen) atoms. The van der Waals surface area contributed by atoms with E-state index >= 15 is 4.39 Å². The molecule has 2 heterocycles. The molecule has 0 radical (unpaired) electrons. The van der Waals surface area contributed by atoms with Crippen LogP contribution in [0.5, 0.6) is 5.75 Å². The molecule has 0 saturated carbocycles. The van der Waals surface area contributed by atoms with Crippen molar-refractivity contribution in [3.63, 3.8) is 0 Å². The smallest absolute Gasteiger partial charge is 0.415 e. The van der Waals surface area contributed by atoms with Crippen molar-refractivity contribution in [2.24, 2.45) is 0 Å². The highest BCUT2D eigenvalue weighted by Crippen LogP contribution is 2.46. The molecule has 0 unspecified atom stereocenters. The number of nitrogens with one attached hydrogen (secondary N) is 1. The molecule has 252 valence electrons. The Kier molecular flexibility index (Phi) is 10.1. The van der Waals surface area contributed by atoms with Gasteiger partial charge < -0.3 is 19.1 Å². The number of amides is 3. The van der Waals surface area contributed by atoms with Crippen molar-refractivity contribution in [2.75, 3.05) is 28.8 Å². The van der Waals surface area contributed by atoms with E-state index in [1.54, 1.807) is 65.8 Å². The second kappa shape index (κ2) is 13.3. The number of halogens is 1. The number of rotatable bonds is 9. The third kappa shape index (κ3) is 8.20. The van der Waals surface area contributed by atoms with Crippen molar-refractivity contribution in [1.82, 2.24) is 9.62 Å². The molecule has 3 amide bonds. The Labute approximate surface area is 269 Å². The molecule has 2 aliphatic heterocycles. The summed E-state index contributed by atoms with van der Waals surface area (Å²) in [6, 6.07) is 9.56. The van der Waals surface area contributed by atoms with Crippen molar-refractivity contribution in [2.45, 2.75) is 91.6 Å². The highest BCUT2D eigenvalue weighted by atomic mass is 32.2. The second-order valence-electron chi connectivity index (χ2n) is 13.3. The van der Waals surface area contributed by atoms with E-state index in [0.29, 0.717) is 17.3 Å².